The summed E-state index contributed by atoms with van der Waals surface area (Å²) in [5.41, 5.74) is 14.5. The van der Waals surface area contributed by atoms with Crippen molar-refractivity contribution in [3.8, 4) is 0 Å². The largest absolute Gasteiger partial charge is 0.460 e. The van der Waals surface area contributed by atoms with Gasteiger partial charge in [-0.05, 0) is 6.42 Å². The summed E-state index contributed by atoms with van der Waals surface area (Å²) in [4.78, 5) is 31.1. The van der Waals surface area contributed by atoms with Gasteiger partial charge in [-0.25, -0.2) is 0 Å². The summed E-state index contributed by atoms with van der Waals surface area (Å²) >= 11 is 0. The average Bonchev–Trinajstić information content (AvgIpc) is 2.77. The first kappa shape index (κ1) is 39.4. The van der Waals surface area contributed by atoms with E-state index < -0.39 is 72.5 Å². The van der Waals surface area contributed by atoms with Gasteiger partial charge in [0.2, 0.25) is 11.8 Å². The van der Waals surface area contributed by atoms with Crippen LogP contribution in [0.4, 0.5) is 65.9 Å². The molecule has 0 aliphatic rings. The van der Waals surface area contributed by atoms with Gasteiger partial charge in [-0.1, -0.05) is 0 Å². The second-order valence-corrected chi connectivity index (χ2v) is 7.52. The van der Waals surface area contributed by atoms with Gasteiger partial charge in [0.25, 0.3) is 5.91 Å². The summed E-state index contributed by atoms with van der Waals surface area (Å²) in [7, 11) is 0. The summed E-state index contributed by atoms with van der Waals surface area (Å²) in [6.07, 6.45) is -6.74. The number of nitrogens with one attached hydrogen (secondary N) is 2. The summed E-state index contributed by atoms with van der Waals surface area (Å²) < 4.78 is 194. The molecular weight excluding hydrogens is 607 g/mol. The Morgan fingerprint density at radius 2 is 0.925 bits per heavy atom. The van der Waals surface area contributed by atoms with E-state index >= 15 is 0 Å². The van der Waals surface area contributed by atoms with Gasteiger partial charge in [0.05, 0.1) is 0 Å². The van der Waals surface area contributed by atoms with Crippen LogP contribution in [-0.2, 0) is 14.4 Å². The zero-order valence-corrected chi connectivity index (χ0v) is 19.6. The van der Waals surface area contributed by atoms with E-state index in [1.807, 2.05) is 0 Å². The molecule has 0 aromatic heterocycles. The molecule has 0 saturated heterocycles. The Morgan fingerprint density at radius 3 is 1.27 bits per heavy atom. The third kappa shape index (κ3) is 8.39. The van der Waals surface area contributed by atoms with Crippen molar-refractivity contribution in [3.05, 3.63) is 0 Å². The van der Waals surface area contributed by atoms with Gasteiger partial charge in [0.1, 0.15) is 0 Å². The Balaban J connectivity index is 0. The minimum absolute atomic E-state index is 0.0325. The fraction of sp³-hybridized carbons (Fsp3) is 0.824. The van der Waals surface area contributed by atoms with Crippen LogP contribution < -0.4 is 27.8 Å². The van der Waals surface area contributed by atoms with E-state index in [-0.39, 0.29) is 25.9 Å². The first-order valence-electron chi connectivity index (χ1n) is 10.2. The van der Waals surface area contributed by atoms with Gasteiger partial charge in [0, 0.05) is 39.0 Å². The highest BCUT2D eigenvalue weighted by Crippen LogP contribution is 2.62. The Hall–Kier alpha value is -2.72. The highest BCUT2D eigenvalue weighted by atomic mass is 19.4. The zero-order chi connectivity index (χ0) is 32.6. The fourth-order valence-electron chi connectivity index (χ4n) is 2.15. The number of hydrogen-bond acceptors (Lipinski definition) is 5. The van der Waals surface area contributed by atoms with Crippen molar-refractivity contribution in [2.24, 2.45) is 17.2 Å². The van der Waals surface area contributed by atoms with E-state index in [1.54, 1.807) is 0 Å². The highest BCUT2D eigenvalue weighted by molar-refractivity contribution is 5.84. The number of hydrogen-bond donors (Lipinski definition) is 5. The monoisotopic (exact) mass is 629 g/mol. The number of amides is 3. The van der Waals surface area contributed by atoms with E-state index in [4.69, 9.17) is 17.2 Å². The number of rotatable bonds is 15. The van der Waals surface area contributed by atoms with E-state index in [9.17, 15) is 80.2 Å². The third-order valence-corrected chi connectivity index (χ3v) is 4.37. The van der Waals surface area contributed by atoms with Crippen LogP contribution in [-0.4, -0.2) is 85.6 Å². The van der Waals surface area contributed by atoms with Crippen LogP contribution in [0.5, 0.6) is 0 Å². The summed E-state index contributed by atoms with van der Waals surface area (Å²) in [5.74, 6) is -52.1. The lowest BCUT2D eigenvalue weighted by molar-refractivity contribution is -0.449. The quantitative estimate of drug-likeness (QED) is 0.139. The van der Waals surface area contributed by atoms with E-state index in [2.05, 4.69) is 5.32 Å². The molecule has 0 heterocycles. The van der Waals surface area contributed by atoms with E-state index in [0.29, 0.717) is 6.42 Å². The van der Waals surface area contributed by atoms with Crippen LogP contribution in [0.15, 0.2) is 0 Å². The molecule has 0 aliphatic heterocycles. The molecule has 40 heavy (non-hydrogen) atoms. The molecule has 238 valence electrons. The van der Waals surface area contributed by atoms with Gasteiger partial charge in [-0.15, -0.1) is 0 Å². The van der Waals surface area contributed by atoms with Gasteiger partial charge in [-0.2, -0.15) is 65.9 Å². The fourth-order valence-corrected chi connectivity index (χ4v) is 2.15. The molecule has 3 amide bonds. The van der Waals surface area contributed by atoms with Crippen LogP contribution >= 0.6 is 0 Å². The maximum atomic E-state index is 13.4. The van der Waals surface area contributed by atoms with Crippen molar-refractivity contribution >= 4 is 17.7 Å². The smallest absolute Gasteiger partial charge is 0.370 e. The average molecular weight is 629 g/mol. The molecule has 23 heteroatoms. The summed E-state index contributed by atoms with van der Waals surface area (Å²) in [6, 6.07) is 0. The van der Waals surface area contributed by atoms with Crippen molar-refractivity contribution in [1.29, 1.82) is 0 Å². The SMILES string of the molecule is NC(=O)CCCC(N)=O.NCCNCCNC(=O)C(F)(F)C(F)(F)C(F)(F)C(F)(F)C(F)(F)C(F)(F)C(F)(F)F. The molecule has 8 N–H and O–H groups in total. The number of nitrogens with two attached hydrogens (primary N) is 3. The van der Waals surface area contributed by atoms with Crippen molar-refractivity contribution in [2.75, 3.05) is 26.2 Å². The van der Waals surface area contributed by atoms with Gasteiger partial charge in [0.15, 0.2) is 0 Å². The predicted molar refractivity (Wildman–Crippen MR) is 103 cm³/mol. The lowest BCUT2D eigenvalue weighted by Gasteiger charge is -2.41. The minimum Gasteiger partial charge on any atom is -0.370 e. The molecule has 0 spiro atoms. The zero-order valence-electron chi connectivity index (χ0n) is 19.6. The number of primary amides is 2. The third-order valence-electron chi connectivity index (χ3n) is 4.37. The molecule has 0 unspecified atom stereocenters. The number of carbonyl (C=O) groups is 3. The van der Waals surface area contributed by atoms with Gasteiger partial charge in [-0.3, -0.25) is 14.4 Å². The summed E-state index contributed by atoms with van der Waals surface area (Å²) in [6.45, 7) is -1.66. The van der Waals surface area contributed by atoms with Crippen LogP contribution in [0.2, 0.25) is 0 Å². The Kier molecular flexibility index (Phi) is 13.6. The maximum absolute atomic E-state index is 13.4. The molecular formula is C17H22F15N5O3. The van der Waals surface area contributed by atoms with Gasteiger partial charge >= 0.3 is 41.7 Å². The highest BCUT2D eigenvalue weighted by Gasteiger charge is 2.94. The summed E-state index contributed by atoms with van der Waals surface area (Å²) in [5, 5.41) is 3.10. The Bertz CT molecular complexity index is 852. The minimum atomic E-state index is -8.42. The van der Waals surface area contributed by atoms with Crippen molar-refractivity contribution in [2.45, 2.75) is 61.0 Å². The molecule has 8 nitrogen and oxygen atoms in total. The topological polar surface area (TPSA) is 153 Å². The van der Waals surface area contributed by atoms with Gasteiger partial charge < -0.3 is 27.8 Å². The second-order valence-electron chi connectivity index (χ2n) is 7.52. The predicted octanol–water partition coefficient (Wildman–Crippen LogP) is 2.15. The first-order chi connectivity index (χ1) is 17.6. The number of carbonyl (C=O) groups excluding carboxylic acids is 3. The Labute approximate surface area is 214 Å². The number of halogens is 15. The lowest BCUT2D eigenvalue weighted by atomic mass is 9.91. The molecule has 0 rings (SSSR count). The van der Waals surface area contributed by atoms with E-state index in [0.717, 1.165) is 5.32 Å². The number of alkyl halides is 15. The molecule has 0 aliphatic carbocycles. The standard InChI is InChI=1S/C12H12F15N3O.C5H10N2O2/c13-6(14,5(31)30-4-3-29-2-1-28)7(15,16)8(17,18)9(19,20)10(21,22)11(23,24)12(25,26)27;6-4(8)2-1-3-5(7)9/h29H,1-4,28H2,(H,30,31);1-3H2,(H2,6,8)(H2,7,9). The second kappa shape index (κ2) is 13.8. The van der Waals surface area contributed by atoms with Crippen molar-refractivity contribution in [1.82, 2.24) is 10.6 Å². The lowest BCUT2D eigenvalue weighted by Crippen LogP contribution is -2.74. The molecule has 0 atom stereocenters. The van der Waals surface area contributed by atoms with Crippen molar-refractivity contribution < 1.29 is 80.2 Å². The van der Waals surface area contributed by atoms with Crippen LogP contribution in [0, 0.1) is 0 Å². The van der Waals surface area contributed by atoms with Crippen molar-refractivity contribution in [3.63, 3.8) is 0 Å². The van der Waals surface area contributed by atoms with Crippen LogP contribution in [0.25, 0.3) is 0 Å². The molecule has 0 fully saturated rings. The van der Waals surface area contributed by atoms with Crippen LogP contribution in [0.1, 0.15) is 19.3 Å². The molecule has 0 radical (unpaired) electrons. The molecule has 0 aromatic carbocycles. The normalized spacial score (nSPS) is 13.8. The molecule has 0 aromatic rings. The molecule has 0 bridgehead atoms. The molecule has 0 saturated carbocycles. The Morgan fingerprint density at radius 1 is 0.550 bits per heavy atom. The van der Waals surface area contributed by atoms with Crippen LogP contribution in [0.3, 0.4) is 0 Å². The maximum Gasteiger partial charge on any atom is 0.460 e. The van der Waals surface area contributed by atoms with E-state index in [1.165, 1.54) is 0 Å². The first-order valence-corrected chi connectivity index (χ1v) is 10.2.